The molecule has 1 heterocycles. The van der Waals surface area contributed by atoms with Crippen LogP contribution >= 0.6 is 24.0 Å². The van der Waals surface area contributed by atoms with Crippen molar-refractivity contribution < 1.29 is 9.53 Å². The Morgan fingerprint density at radius 2 is 2.38 bits per heavy atom. The van der Waals surface area contributed by atoms with E-state index in [1.165, 1.54) is 0 Å². The van der Waals surface area contributed by atoms with E-state index < -0.39 is 0 Å². The van der Waals surface area contributed by atoms with Crippen LogP contribution in [0.15, 0.2) is 24.3 Å². The maximum Gasteiger partial charge on any atom is 0.230 e. The van der Waals surface area contributed by atoms with Gasteiger partial charge in [-0.1, -0.05) is 30.4 Å². The molecule has 3 N–H and O–H groups in total. The Labute approximate surface area is 134 Å². The smallest absolute Gasteiger partial charge is 0.230 e. The number of thioether (sulfide) groups is 1. The van der Waals surface area contributed by atoms with Gasteiger partial charge in [-0.15, -0.1) is 11.8 Å². The van der Waals surface area contributed by atoms with Gasteiger partial charge >= 0.3 is 0 Å². The summed E-state index contributed by atoms with van der Waals surface area (Å²) >= 11 is 6.54. The van der Waals surface area contributed by atoms with E-state index in [4.69, 9.17) is 22.7 Å². The summed E-state index contributed by atoms with van der Waals surface area (Å²) in [5.41, 5.74) is 7.60. The van der Waals surface area contributed by atoms with Crippen LogP contribution in [-0.4, -0.2) is 35.9 Å². The van der Waals surface area contributed by atoms with Gasteiger partial charge in [0.1, 0.15) is 4.99 Å². The Kier molecular flexibility index (Phi) is 6.48. The van der Waals surface area contributed by atoms with Gasteiger partial charge in [-0.05, 0) is 24.5 Å². The van der Waals surface area contributed by atoms with E-state index in [-0.39, 0.29) is 12.0 Å². The van der Waals surface area contributed by atoms with E-state index in [0.717, 1.165) is 36.3 Å². The van der Waals surface area contributed by atoms with Gasteiger partial charge in [0, 0.05) is 24.5 Å². The molecular formula is C15H20N2O2S2. The topological polar surface area (TPSA) is 64.4 Å². The van der Waals surface area contributed by atoms with Gasteiger partial charge in [0.25, 0.3) is 0 Å². The molecule has 0 saturated carbocycles. The zero-order valence-electron chi connectivity index (χ0n) is 11.8. The highest BCUT2D eigenvalue weighted by atomic mass is 32.2. The third-order valence-corrected chi connectivity index (χ3v) is 4.50. The van der Waals surface area contributed by atoms with Gasteiger partial charge in [0.05, 0.1) is 11.9 Å². The van der Waals surface area contributed by atoms with Crippen LogP contribution in [0.5, 0.6) is 0 Å². The van der Waals surface area contributed by atoms with Crippen molar-refractivity contribution in [3.05, 3.63) is 35.4 Å². The lowest BCUT2D eigenvalue weighted by Crippen LogP contribution is -2.32. The maximum atomic E-state index is 11.7. The maximum absolute atomic E-state index is 11.7. The number of carbonyl (C=O) groups excluding carboxylic acids is 1. The first-order valence-electron chi connectivity index (χ1n) is 7.00. The summed E-state index contributed by atoms with van der Waals surface area (Å²) in [4.78, 5) is 12.1. The monoisotopic (exact) mass is 324 g/mol. The first-order chi connectivity index (χ1) is 10.1. The number of carbonyl (C=O) groups is 1. The number of nitrogens with two attached hydrogens (primary N) is 1. The molecule has 1 amide bonds. The normalized spacial score (nSPS) is 17.6. The van der Waals surface area contributed by atoms with Crippen LogP contribution in [0.25, 0.3) is 0 Å². The second kappa shape index (κ2) is 8.36. The molecule has 1 aromatic carbocycles. The summed E-state index contributed by atoms with van der Waals surface area (Å²) in [6.07, 6.45) is 2.33. The molecule has 0 radical (unpaired) electrons. The highest BCUT2D eigenvalue weighted by Gasteiger charge is 2.15. The van der Waals surface area contributed by atoms with Gasteiger partial charge in [-0.3, -0.25) is 4.79 Å². The fourth-order valence-electron chi connectivity index (χ4n) is 2.16. The summed E-state index contributed by atoms with van der Waals surface area (Å²) in [7, 11) is 0. The Morgan fingerprint density at radius 1 is 1.52 bits per heavy atom. The molecule has 1 aromatic rings. The number of nitrogens with one attached hydrogen (secondary N) is 1. The van der Waals surface area contributed by atoms with E-state index in [2.05, 4.69) is 5.32 Å². The summed E-state index contributed by atoms with van der Waals surface area (Å²) in [6, 6.07) is 7.81. The third kappa shape index (κ3) is 5.65. The summed E-state index contributed by atoms with van der Waals surface area (Å²) in [6.45, 7) is 1.44. The fourth-order valence-corrected chi connectivity index (χ4v) is 3.09. The second-order valence-corrected chi connectivity index (χ2v) is 6.42. The predicted octanol–water partition coefficient (Wildman–Crippen LogP) is 1.85. The molecule has 1 aliphatic heterocycles. The van der Waals surface area contributed by atoms with Crippen LogP contribution in [0.3, 0.4) is 0 Å². The van der Waals surface area contributed by atoms with E-state index in [1.807, 2.05) is 24.3 Å². The highest BCUT2D eigenvalue weighted by Crippen LogP contribution is 2.14. The van der Waals surface area contributed by atoms with Crippen LogP contribution in [0.4, 0.5) is 0 Å². The standard InChI is InChI=1S/C15H20N2O2S2/c16-15(20)12-4-1-3-11(7-12)9-21-10-14(18)17-8-13-5-2-6-19-13/h1,3-4,7,13H,2,5-6,8-10H2,(H2,16,20)(H,17,18). The molecule has 6 heteroatoms. The van der Waals surface area contributed by atoms with Crippen molar-refractivity contribution in [2.24, 2.45) is 5.73 Å². The Bertz CT molecular complexity index is 502. The first-order valence-corrected chi connectivity index (χ1v) is 8.56. The molecule has 2 rings (SSSR count). The minimum atomic E-state index is 0.0565. The number of amides is 1. The summed E-state index contributed by atoms with van der Waals surface area (Å²) in [5, 5.41) is 2.91. The quantitative estimate of drug-likeness (QED) is 0.750. The minimum Gasteiger partial charge on any atom is -0.389 e. The van der Waals surface area contributed by atoms with Gasteiger partial charge < -0.3 is 15.8 Å². The van der Waals surface area contributed by atoms with Crippen molar-refractivity contribution >= 4 is 34.9 Å². The minimum absolute atomic E-state index is 0.0565. The zero-order valence-corrected chi connectivity index (χ0v) is 13.5. The molecule has 4 nitrogen and oxygen atoms in total. The number of ether oxygens (including phenoxy) is 1. The molecular weight excluding hydrogens is 304 g/mol. The van der Waals surface area contributed by atoms with Crippen LogP contribution in [0.2, 0.25) is 0 Å². The fraction of sp³-hybridized carbons (Fsp3) is 0.467. The van der Waals surface area contributed by atoms with E-state index in [0.29, 0.717) is 17.3 Å². The van der Waals surface area contributed by atoms with Crippen LogP contribution in [0, 0.1) is 0 Å². The average Bonchev–Trinajstić information content (AvgIpc) is 2.99. The summed E-state index contributed by atoms with van der Waals surface area (Å²) in [5.74, 6) is 1.27. The van der Waals surface area contributed by atoms with Crippen molar-refractivity contribution in [2.45, 2.75) is 24.7 Å². The molecule has 1 saturated heterocycles. The van der Waals surface area contributed by atoms with Crippen molar-refractivity contribution in [1.82, 2.24) is 5.32 Å². The first kappa shape index (κ1) is 16.3. The molecule has 0 aromatic heterocycles. The molecule has 0 spiro atoms. The molecule has 0 bridgehead atoms. The molecule has 114 valence electrons. The Balaban J connectivity index is 1.67. The largest absolute Gasteiger partial charge is 0.389 e. The second-order valence-electron chi connectivity index (χ2n) is 5.00. The van der Waals surface area contributed by atoms with Crippen molar-refractivity contribution in [1.29, 1.82) is 0 Å². The van der Waals surface area contributed by atoms with Crippen LogP contribution < -0.4 is 11.1 Å². The number of rotatable bonds is 7. The van der Waals surface area contributed by atoms with Crippen LogP contribution in [0.1, 0.15) is 24.0 Å². The predicted molar refractivity (Wildman–Crippen MR) is 90.5 cm³/mol. The number of hydrogen-bond donors (Lipinski definition) is 2. The van der Waals surface area contributed by atoms with Crippen LogP contribution in [-0.2, 0) is 15.3 Å². The lowest BCUT2D eigenvalue weighted by molar-refractivity contribution is -0.119. The Hall–Kier alpha value is -1.11. The van der Waals surface area contributed by atoms with E-state index >= 15 is 0 Å². The SMILES string of the molecule is NC(=S)c1cccc(CSCC(=O)NCC2CCCO2)c1. The molecule has 1 atom stereocenters. The van der Waals surface area contributed by atoms with Crippen molar-refractivity contribution in [3.63, 3.8) is 0 Å². The van der Waals surface area contributed by atoms with E-state index in [1.54, 1.807) is 11.8 Å². The van der Waals surface area contributed by atoms with Gasteiger partial charge in [0.15, 0.2) is 0 Å². The van der Waals surface area contributed by atoms with Crippen molar-refractivity contribution in [3.8, 4) is 0 Å². The van der Waals surface area contributed by atoms with Gasteiger partial charge in [-0.25, -0.2) is 0 Å². The third-order valence-electron chi connectivity index (χ3n) is 3.26. The summed E-state index contributed by atoms with van der Waals surface area (Å²) < 4.78 is 5.47. The van der Waals surface area contributed by atoms with Gasteiger partial charge in [0.2, 0.25) is 5.91 Å². The zero-order chi connectivity index (χ0) is 15.1. The van der Waals surface area contributed by atoms with Crippen molar-refractivity contribution in [2.75, 3.05) is 18.9 Å². The number of benzene rings is 1. The number of thiocarbonyl (C=S) groups is 1. The molecule has 21 heavy (non-hydrogen) atoms. The molecule has 1 fully saturated rings. The highest BCUT2D eigenvalue weighted by molar-refractivity contribution is 7.99. The lowest BCUT2D eigenvalue weighted by atomic mass is 10.1. The van der Waals surface area contributed by atoms with Gasteiger partial charge in [-0.2, -0.15) is 0 Å². The average molecular weight is 324 g/mol. The molecule has 1 aliphatic rings. The van der Waals surface area contributed by atoms with E-state index in [9.17, 15) is 4.79 Å². The Morgan fingerprint density at radius 3 is 3.10 bits per heavy atom. The lowest BCUT2D eigenvalue weighted by Gasteiger charge is -2.10. The number of hydrogen-bond acceptors (Lipinski definition) is 4. The molecule has 1 unspecified atom stereocenters. The molecule has 0 aliphatic carbocycles.